The third-order valence-corrected chi connectivity index (χ3v) is 3.62. The predicted octanol–water partition coefficient (Wildman–Crippen LogP) is -0.423. The maximum absolute atomic E-state index is 11.6. The molecule has 5 heteroatoms. The van der Waals surface area contributed by atoms with Gasteiger partial charge in [-0.25, -0.2) is 0 Å². The largest absolute Gasteiger partial charge is 0.341 e. The minimum atomic E-state index is -0.691. The molecule has 0 aliphatic carbocycles. The smallest absolute Gasteiger partial charge is 0.222 e. The van der Waals surface area contributed by atoms with Crippen LogP contribution in [0.3, 0.4) is 0 Å². The van der Waals surface area contributed by atoms with Gasteiger partial charge in [0.2, 0.25) is 5.91 Å². The molecule has 1 heterocycles. The molecule has 1 rings (SSSR count). The van der Waals surface area contributed by atoms with E-state index < -0.39 is 10.8 Å². The predicted molar refractivity (Wildman–Crippen MR) is 57.6 cm³/mol. The van der Waals surface area contributed by atoms with Crippen LogP contribution < -0.4 is 5.32 Å². The molecule has 1 saturated heterocycles. The van der Waals surface area contributed by atoms with E-state index in [2.05, 4.69) is 5.32 Å². The van der Waals surface area contributed by atoms with Crippen LogP contribution in [0.4, 0.5) is 0 Å². The zero-order chi connectivity index (χ0) is 10.4. The van der Waals surface area contributed by atoms with Gasteiger partial charge in [-0.1, -0.05) is 0 Å². The van der Waals surface area contributed by atoms with Gasteiger partial charge in [-0.3, -0.25) is 9.00 Å². The Kier molecular flexibility index (Phi) is 5.11. The second-order valence-electron chi connectivity index (χ2n) is 3.44. The van der Waals surface area contributed by atoms with Crippen LogP contribution in [0.25, 0.3) is 0 Å². The molecule has 0 radical (unpaired) electrons. The van der Waals surface area contributed by atoms with Crippen molar-refractivity contribution < 1.29 is 9.00 Å². The maximum Gasteiger partial charge on any atom is 0.222 e. The lowest BCUT2D eigenvalue weighted by Crippen LogP contribution is -2.41. The summed E-state index contributed by atoms with van der Waals surface area (Å²) < 4.78 is 11.1. The molecule has 0 bridgehead atoms. The summed E-state index contributed by atoms with van der Waals surface area (Å²) in [5, 5.41) is 3.01. The summed E-state index contributed by atoms with van der Waals surface area (Å²) >= 11 is 0. The van der Waals surface area contributed by atoms with E-state index in [0.29, 0.717) is 31.0 Å². The van der Waals surface area contributed by atoms with Crippen LogP contribution in [0.1, 0.15) is 12.8 Å². The normalized spacial score (nSPS) is 18.5. The summed E-state index contributed by atoms with van der Waals surface area (Å²) in [5.74, 6) is 1.51. The van der Waals surface area contributed by atoms with E-state index >= 15 is 0 Å². The minimum absolute atomic E-state index is 0.206. The van der Waals surface area contributed by atoms with Crippen molar-refractivity contribution in [3.63, 3.8) is 0 Å². The zero-order valence-electron chi connectivity index (χ0n) is 8.62. The lowest BCUT2D eigenvalue weighted by atomic mass is 10.2. The van der Waals surface area contributed by atoms with E-state index in [1.54, 1.807) is 0 Å². The van der Waals surface area contributed by atoms with Gasteiger partial charge in [0.25, 0.3) is 0 Å². The van der Waals surface area contributed by atoms with Gasteiger partial charge in [-0.15, -0.1) is 0 Å². The highest BCUT2D eigenvalue weighted by molar-refractivity contribution is 7.85. The van der Waals surface area contributed by atoms with Crippen molar-refractivity contribution in [2.45, 2.75) is 12.8 Å². The van der Waals surface area contributed by atoms with Crippen LogP contribution in [-0.2, 0) is 15.6 Å². The fourth-order valence-electron chi connectivity index (χ4n) is 1.46. The van der Waals surface area contributed by atoms with Crippen molar-refractivity contribution >= 4 is 16.7 Å². The summed E-state index contributed by atoms with van der Waals surface area (Å²) in [5.41, 5.74) is 0. The van der Waals surface area contributed by atoms with Gasteiger partial charge in [0, 0.05) is 41.8 Å². The highest BCUT2D eigenvalue weighted by Crippen LogP contribution is 2.03. The Morgan fingerprint density at radius 1 is 1.43 bits per heavy atom. The quantitative estimate of drug-likeness (QED) is 0.652. The number of amides is 1. The molecule has 0 unspecified atom stereocenters. The lowest BCUT2D eigenvalue weighted by molar-refractivity contribution is -0.130. The summed E-state index contributed by atoms with van der Waals surface area (Å²) in [6, 6.07) is 0. The van der Waals surface area contributed by atoms with Crippen LogP contribution in [0.15, 0.2) is 0 Å². The molecule has 0 spiro atoms. The number of nitrogens with zero attached hydrogens (tertiary/aromatic N) is 1. The molecule has 1 aliphatic heterocycles. The lowest BCUT2D eigenvalue weighted by Gasteiger charge is -2.26. The summed E-state index contributed by atoms with van der Waals surface area (Å²) in [6.45, 7) is 2.22. The number of rotatable bonds is 4. The van der Waals surface area contributed by atoms with Gasteiger partial charge in [0.15, 0.2) is 0 Å². The van der Waals surface area contributed by atoms with Crippen molar-refractivity contribution in [1.82, 2.24) is 10.2 Å². The molecule has 4 nitrogen and oxygen atoms in total. The van der Waals surface area contributed by atoms with Gasteiger partial charge in [-0.2, -0.15) is 0 Å². The first-order valence-electron chi connectivity index (χ1n) is 5.01. The van der Waals surface area contributed by atoms with Crippen molar-refractivity contribution in [2.75, 3.05) is 38.2 Å². The topological polar surface area (TPSA) is 49.4 Å². The van der Waals surface area contributed by atoms with E-state index in [9.17, 15) is 9.00 Å². The number of hydrogen-bond donors (Lipinski definition) is 1. The Balaban J connectivity index is 2.20. The van der Waals surface area contributed by atoms with E-state index in [4.69, 9.17) is 0 Å². The standard InChI is InChI=1S/C9H18N2O2S/c1-10-4-2-3-9(12)11-5-7-14(13)8-6-11/h10H,2-8H2,1H3. The van der Waals surface area contributed by atoms with E-state index in [0.717, 1.165) is 13.0 Å². The molecule has 14 heavy (non-hydrogen) atoms. The fraction of sp³-hybridized carbons (Fsp3) is 0.889. The molecule has 0 saturated carbocycles. The van der Waals surface area contributed by atoms with Crippen molar-refractivity contribution in [1.29, 1.82) is 0 Å². The monoisotopic (exact) mass is 218 g/mol. The summed E-state index contributed by atoms with van der Waals surface area (Å²) in [6.07, 6.45) is 1.49. The molecular weight excluding hydrogens is 200 g/mol. The van der Waals surface area contributed by atoms with Crippen molar-refractivity contribution in [3.05, 3.63) is 0 Å². The van der Waals surface area contributed by atoms with Crippen molar-refractivity contribution in [3.8, 4) is 0 Å². The molecule has 1 amide bonds. The average molecular weight is 218 g/mol. The molecule has 0 atom stereocenters. The van der Waals surface area contributed by atoms with Gasteiger partial charge in [0.1, 0.15) is 0 Å². The fourth-order valence-corrected chi connectivity index (χ4v) is 2.51. The molecule has 0 aromatic rings. The molecule has 82 valence electrons. The van der Waals surface area contributed by atoms with Crippen LogP contribution >= 0.6 is 0 Å². The van der Waals surface area contributed by atoms with Crippen LogP contribution in [0.5, 0.6) is 0 Å². The van der Waals surface area contributed by atoms with Crippen LogP contribution in [0, 0.1) is 0 Å². The highest BCUT2D eigenvalue weighted by Gasteiger charge is 2.18. The van der Waals surface area contributed by atoms with Crippen LogP contribution in [0.2, 0.25) is 0 Å². The van der Waals surface area contributed by atoms with Gasteiger partial charge >= 0.3 is 0 Å². The highest BCUT2D eigenvalue weighted by atomic mass is 32.2. The van der Waals surface area contributed by atoms with Gasteiger partial charge < -0.3 is 10.2 Å². The average Bonchev–Trinajstić information content (AvgIpc) is 2.19. The Bertz CT molecular complexity index is 211. The number of hydrogen-bond acceptors (Lipinski definition) is 3. The first-order chi connectivity index (χ1) is 6.74. The Hall–Kier alpha value is -0.420. The first-order valence-corrected chi connectivity index (χ1v) is 6.50. The van der Waals surface area contributed by atoms with E-state index in [-0.39, 0.29) is 5.91 Å². The first kappa shape index (κ1) is 11.7. The molecule has 0 aromatic carbocycles. The molecule has 1 N–H and O–H groups in total. The molecule has 1 fully saturated rings. The minimum Gasteiger partial charge on any atom is -0.341 e. The number of nitrogens with one attached hydrogen (secondary N) is 1. The second kappa shape index (κ2) is 6.14. The second-order valence-corrected chi connectivity index (χ2v) is 5.13. The van der Waals surface area contributed by atoms with Crippen molar-refractivity contribution in [2.24, 2.45) is 0 Å². The van der Waals surface area contributed by atoms with Gasteiger partial charge in [0.05, 0.1) is 0 Å². The van der Waals surface area contributed by atoms with E-state index in [1.807, 2.05) is 11.9 Å². The van der Waals surface area contributed by atoms with E-state index in [1.165, 1.54) is 0 Å². The summed E-state index contributed by atoms with van der Waals surface area (Å²) in [7, 11) is 1.19. The third kappa shape index (κ3) is 3.75. The van der Waals surface area contributed by atoms with Gasteiger partial charge in [-0.05, 0) is 20.0 Å². The maximum atomic E-state index is 11.6. The Morgan fingerprint density at radius 2 is 2.07 bits per heavy atom. The Morgan fingerprint density at radius 3 is 2.64 bits per heavy atom. The molecule has 1 aliphatic rings. The third-order valence-electron chi connectivity index (χ3n) is 2.35. The summed E-state index contributed by atoms with van der Waals surface area (Å²) in [4.78, 5) is 13.4. The zero-order valence-corrected chi connectivity index (χ0v) is 9.44. The Labute approximate surface area is 87.5 Å². The number of carbonyl (C=O) groups excluding carboxylic acids is 1. The SMILES string of the molecule is CNCCCC(=O)N1CCS(=O)CC1. The number of carbonyl (C=O) groups is 1. The molecular formula is C9H18N2O2S. The van der Waals surface area contributed by atoms with Crippen LogP contribution in [-0.4, -0.2) is 53.2 Å². The molecule has 0 aromatic heterocycles.